The molecule has 3 atom stereocenters. The Kier molecular flexibility index (Phi) is 8.02. The van der Waals surface area contributed by atoms with Crippen LogP contribution in [0.5, 0.6) is 17.2 Å². The maximum atomic E-state index is 6.63. The van der Waals surface area contributed by atoms with Crippen LogP contribution in [0, 0.1) is 26.7 Å². The molecule has 0 fully saturated rings. The van der Waals surface area contributed by atoms with Gasteiger partial charge in [-0.3, -0.25) is 4.57 Å². The van der Waals surface area contributed by atoms with Gasteiger partial charge in [-0.05, 0) is 87.6 Å². The lowest BCUT2D eigenvalue weighted by molar-refractivity contribution is 0.414. The molecule has 50 heavy (non-hydrogen) atoms. The molecule has 6 nitrogen and oxygen atoms in total. The Bertz CT molecular complexity index is 2400. The molecule has 0 aliphatic heterocycles. The third-order valence-corrected chi connectivity index (χ3v) is 10.4. The van der Waals surface area contributed by atoms with Gasteiger partial charge in [0.25, 0.3) is 0 Å². The van der Waals surface area contributed by atoms with Gasteiger partial charge in [-0.2, -0.15) is 5.10 Å². The quantitative estimate of drug-likeness (QED) is 0.160. The number of ether oxygens (including phenoxy) is 2. The Morgan fingerprint density at radius 1 is 0.740 bits per heavy atom. The van der Waals surface area contributed by atoms with Gasteiger partial charge in [0.2, 0.25) is 0 Å². The second kappa shape index (κ2) is 12.7. The predicted molar refractivity (Wildman–Crippen MR) is 202 cm³/mol. The highest BCUT2D eigenvalue weighted by molar-refractivity contribution is 6.09. The van der Waals surface area contributed by atoms with Crippen molar-refractivity contribution < 1.29 is 9.47 Å². The van der Waals surface area contributed by atoms with Gasteiger partial charge in [0.15, 0.2) is 0 Å². The predicted octanol–water partition coefficient (Wildman–Crippen LogP) is 10.9. The third kappa shape index (κ3) is 5.55. The Hall–Kier alpha value is -5.62. The number of hydrogen-bond acceptors (Lipinski definition) is 4. The zero-order valence-electron chi connectivity index (χ0n) is 29.5. The number of nitrogens with zero attached hydrogens (tertiary/aromatic N) is 4. The summed E-state index contributed by atoms with van der Waals surface area (Å²) in [5, 5.41) is 7.42. The molecule has 0 saturated carbocycles. The molecule has 0 saturated heterocycles. The molecule has 1 aliphatic carbocycles. The van der Waals surface area contributed by atoms with Crippen molar-refractivity contribution >= 4 is 21.8 Å². The summed E-state index contributed by atoms with van der Waals surface area (Å²) in [7, 11) is 1.68. The second-order valence-electron chi connectivity index (χ2n) is 13.8. The van der Waals surface area contributed by atoms with Crippen molar-refractivity contribution in [3.8, 4) is 28.8 Å². The van der Waals surface area contributed by atoms with Crippen LogP contribution in [0.25, 0.3) is 33.3 Å². The highest BCUT2D eigenvalue weighted by atomic mass is 16.5. The number of hydrogen-bond donors (Lipinski definition) is 0. The summed E-state index contributed by atoms with van der Waals surface area (Å²) in [5.74, 6) is 4.34. The number of pyridine rings is 1. The Morgan fingerprint density at radius 3 is 2.32 bits per heavy atom. The smallest absolute Gasteiger partial charge is 0.141 e. The summed E-state index contributed by atoms with van der Waals surface area (Å²) in [4.78, 5) is 4.71. The molecular formula is C44H42N4O2. The largest absolute Gasteiger partial charge is 0.497 e. The molecule has 0 spiro atoms. The molecule has 0 bridgehead atoms. The van der Waals surface area contributed by atoms with Crippen LogP contribution in [0.4, 0.5) is 0 Å². The van der Waals surface area contributed by atoms with Crippen molar-refractivity contribution in [1.29, 1.82) is 0 Å². The van der Waals surface area contributed by atoms with Crippen LogP contribution in [-0.2, 0) is 0 Å². The molecule has 0 unspecified atom stereocenters. The van der Waals surface area contributed by atoms with Gasteiger partial charge in [-0.15, -0.1) is 0 Å². The first kappa shape index (κ1) is 31.6. The summed E-state index contributed by atoms with van der Waals surface area (Å²) in [5.41, 5.74) is 10.6. The molecule has 4 aromatic carbocycles. The molecule has 1 aliphatic rings. The molecule has 250 valence electrons. The standard InChI is InChI=1S/C44H42N4O2/c1-27-20-34(48-31(5)44(30(4)46-48)43-28(2)22-33(23-29(43)3)32-12-8-7-9-13-32)24-37(21-27)50-36-16-17-39-38-14-10-11-15-40(38)47(41(39)25-36)42-26-35(49-6)18-19-45-42/h7-22,24-26,29,33,43H,23H2,1-6H3/t29-,33+,43+/m0/s1. The lowest BCUT2D eigenvalue weighted by Gasteiger charge is -2.34. The van der Waals surface area contributed by atoms with Crippen LogP contribution < -0.4 is 9.47 Å². The minimum atomic E-state index is 0.335. The van der Waals surface area contributed by atoms with Gasteiger partial charge in [-0.25, -0.2) is 9.67 Å². The Labute approximate surface area is 293 Å². The topological polar surface area (TPSA) is 54.1 Å². The molecule has 6 heteroatoms. The number of fused-ring (bicyclic) bond motifs is 3. The van der Waals surface area contributed by atoms with E-state index in [0.29, 0.717) is 17.8 Å². The third-order valence-electron chi connectivity index (χ3n) is 10.4. The summed E-state index contributed by atoms with van der Waals surface area (Å²) in [6.45, 7) is 11.2. The SMILES string of the molecule is COc1ccnc(-n2c3ccccc3c3ccc(Oc4cc(C)cc(-n5nc(C)c([C@@H]6C(C)=C[C@@H](c7ccccc7)C[C@@H]6C)c5C)c4)cc32)c1. The van der Waals surface area contributed by atoms with Crippen LogP contribution in [0.2, 0.25) is 0 Å². The van der Waals surface area contributed by atoms with Crippen molar-refractivity contribution in [1.82, 2.24) is 19.3 Å². The molecule has 0 radical (unpaired) electrons. The first-order valence-electron chi connectivity index (χ1n) is 17.4. The Morgan fingerprint density at radius 2 is 1.52 bits per heavy atom. The fourth-order valence-corrected chi connectivity index (χ4v) is 8.23. The molecule has 0 amide bonds. The summed E-state index contributed by atoms with van der Waals surface area (Å²) in [6.07, 6.45) is 5.38. The van der Waals surface area contributed by atoms with Gasteiger partial charge < -0.3 is 9.47 Å². The highest BCUT2D eigenvalue weighted by Gasteiger charge is 2.33. The van der Waals surface area contributed by atoms with E-state index >= 15 is 0 Å². The number of aryl methyl sites for hydroxylation is 2. The number of benzene rings is 4. The highest BCUT2D eigenvalue weighted by Crippen LogP contribution is 2.46. The van der Waals surface area contributed by atoms with E-state index in [1.165, 1.54) is 22.4 Å². The summed E-state index contributed by atoms with van der Waals surface area (Å²) >= 11 is 0. The summed E-state index contributed by atoms with van der Waals surface area (Å²) < 4.78 is 16.4. The average Bonchev–Trinajstić information content (AvgIpc) is 3.60. The van der Waals surface area contributed by atoms with E-state index < -0.39 is 0 Å². The van der Waals surface area contributed by atoms with Crippen LogP contribution in [-0.4, -0.2) is 26.4 Å². The number of rotatable bonds is 7. The second-order valence-corrected chi connectivity index (χ2v) is 13.8. The fraction of sp³-hybridized carbons (Fsp3) is 0.227. The zero-order valence-corrected chi connectivity index (χ0v) is 29.5. The number of allylic oxidation sites excluding steroid dienone is 2. The number of aromatic nitrogens is 4. The van der Waals surface area contributed by atoms with Crippen molar-refractivity contribution in [2.75, 3.05) is 7.11 Å². The van der Waals surface area contributed by atoms with E-state index in [1.807, 2.05) is 18.2 Å². The van der Waals surface area contributed by atoms with Crippen LogP contribution in [0.15, 0.2) is 121 Å². The van der Waals surface area contributed by atoms with Gasteiger partial charge in [0, 0.05) is 58.3 Å². The molecule has 0 N–H and O–H groups in total. The Balaban J connectivity index is 1.14. The molecule has 7 aromatic rings. The normalized spacial score (nSPS) is 17.6. The molecule has 3 heterocycles. The van der Waals surface area contributed by atoms with E-state index in [9.17, 15) is 0 Å². The number of para-hydroxylation sites is 1. The van der Waals surface area contributed by atoms with Gasteiger partial charge in [0.05, 0.1) is 29.5 Å². The fourth-order valence-electron chi connectivity index (χ4n) is 8.23. The maximum absolute atomic E-state index is 6.63. The zero-order chi connectivity index (χ0) is 34.5. The van der Waals surface area contributed by atoms with Crippen molar-refractivity contribution in [2.24, 2.45) is 5.92 Å². The molecule has 3 aromatic heterocycles. The first-order chi connectivity index (χ1) is 24.3. The minimum Gasteiger partial charge on any atom is -0.497 e. The summed E-state index contributed by atoms with van der Waals surface area (Å²) in [6, 6.07) is 35.8. The van der Waals surface area contributed by atoms with Crippen LogP contribution in [0.1, 0.15) is 60.2 Å². The van der Waals surface area contributed by atoms with Gasteiger partial charge in [-0.1, -0.05) is 67.1 Å². The number of methoxy groups -OCH3 is 1. The lowest BCUT2D eigenvalue weighted by Crippen LogP contribution is -2.20. The maximum Gasteiger partial charge on any atom is 0.141 e. The van der Waals surface area contributed by atoms with Crippen LogP contribution in [0.3, 0.4) is 0 Å². The first-order valence-corrected chi connectivity index (χ1v) is 17.4. The van der Waals surface area contributed by atoms with E-state index in [-0.39, 0.29) is 0 Å². The molecule has 8 rings (SSSR count). The van der Waals surface area contributed by atoms with E-state index in [0.717, 1.165) is 68.2 Å². The monoisotopic (exact) mass is 658 g/mol. The average molecular weight is 659 g/mol. The lowest BCUT2D eigenvalue weighted by atomic mass is 9.70. The minimum absolute atomic E-state index is 0.335. The molecular weight excluding hydrogens is 617 g/mol. The van der Waals surface area contributed by atoms with Crippen molar-refractivity contribution in [3.05, 3.63) is 149 Å². The van der Waals surface area contributed by atoms with Crippen molar-refractivity contribution in [2.45, 2.75) is 52.9 Å². The van der Waals surface area contributed by atoms with Crippen molar-refractivity contribution in [3.63, 3.8) is 0 Å². The van der Waals surface area contributed by atoms with Gasteiger partial charge in [0.1, 0.15) is 23.1 Å². The van der Waals surface area contributed by atoms with Gasteiger partial charge >= 0.3 is 0 Å². The van der Waals surface area contributed by atoms with E-state index in [1.54, 1.807) is 13.3 Å². The van der Waals surface area contributed by atoms with E-state index in [2.05, 4.69) is 135 Å². The van der Waals surface area contributed by atoms with E-state index in [4.69, 9.17) is 19.6 Å². The van der Waals surface area contributed by atoms with Crippen LogP contribution >= 0.6 is 0 Å².